The van der Waals surface area contributed by atoms with Crippen LogP contribution in [0.1, 0.15) is 64.7 Å². The highest BCUT2D eigenvalue weighted by Gasteiger charge is 2.51. The van der Waals surface area contributed by atoms with Crippen LogP contribution in [0.2, 0.25) is 0 Å². The minimum absolute atomic E-state index is 0.0132. The number of carbonyl (C=O) groups is 2. The van der Waals surface area contributed by atoms with Crippen LogP contribution in [-0.2, 0) is 14.3 Å². The highest BCUT2D eigenvalue weighted by atomic mass is 16.5. The normalized spacial score (nSPS) is 40.5. The molecule has 0 spiro atoms. The fourth-order valence-electron chi connectivity index (χ4n) is 6.00. The van der Waals surface area contributed by atoms with E-state index in [0.29, 0.717) is 6.42 Å². The van der Waals surface area contributed by atoms with Crippen molar-refractivity contribution in [2.24, 2.45) is 23.7 Å². The van der Waals surface area contributed by atoms with Crippen molar-refractivity contribution in [2.75, 3.05) is 0 Å². The Bertz CT molecular complexity index is 518. The first-order valence-corrected chi connectivity index (χ1v) is 9.69. The zero-order valence-corrected chi connectivity index (χ0v) is 14.6. The number of hydrogen-bond donors (Lipinski definition) is 1. The summed E-state index contributed by atoms with van der Waals surface area (Å²) >= 11 is 0. The highest BCUT2D eigenvalue weighted by Crippen LogP contribution is 2.55. The maximum atomic E-state index is 12.6. The Labute approximate surface area is 144 Å². The first-order valence-electron chi connectivity index (χ1n) is 9.69. The lowest BCUT2D eigenvalue weighted by Gasteiger charge is -2.57. The van der Waals surface area contributed by atoms with Crippen molar-refractivity contribution in [3.05, 3.63) is 12.2 Å². The van der Waals surface area contributed by atoms with Gasteiger partial charge in [-0.25, -0.2) is 0 Å². The zero-order chi connectivity index (χ0) is 16.7. The predicted molar refractivity (Wildman–Crippen MR) is 91.1 cm³/mol. The van der Waals surface area contributed by atoms with E-state index in [9.17, 15) is 9.59 Å². The van der Waals surface area contributed by atoms with Crippen LogP contribution in [0, 0.1) is 23.7 Å². The molecule has 0 aliphatic heterocycles. The van der Waals surface area contributed by atoms with Gasteiger partial charge < -0.3 is 10.1 Å². The molecule has 24 heavy (non-hydrogen) atoms. The summed E-state index contributed by atoms with van der Waals surface area (Å²) in [6.45, 7) is 1.71. The Kier molecular flexibility index (Phi) is 4.17. The van der Waals surface area contributed by atoms with E-state index in [1.54, 1.807) is 6.92 Å². The van der Waals surface area contributed by atoms with E-state index in [4.69, 9.17) is 4.74 Å². The van der Waals surface area contributed by atoms with E-state index in [0.717, 1.165) is 49.9 Å². The second kappa shape index (κ2) is 6.20. The summed E-state index contributed by atoms with van der Waals surface area (Å²) in [6, 6.07) is 0. The average molecular weight is 331 g/mol. The first-order chi connectivity index (χ1) is 11.5. The van der Waals surface area contributed by atoms with E-state index in [2.05, 4.69) is 17.5 Å². The van der Waals surface area contributed by atoms with Gasteiger partial charge in [0.15, 0.2) is 6.10 Å². The molecular weight excluding hydrogens is 302 g/mol. The molecule has 0 unspecified atom stereocenters. The molecular formula is C20H29NO3. The summed E-state index contributed by atoms with van der Waals surface area (Å²) in [4.78, 5) is 24.6. The molecule has 132 valence electrons. The second-order valence-electron chi connectivity index (χ2n) is 8.79. The Morgan fingerprint density at radius 2 is 1.79 bits per heavy atom. The van der Waals surface area contributed by atoms with Crippen molar-refractivity contribution in [1.82, 2.24) is 5.32 Å². The maximum Gasteiger partial charge on any atom is 0.307 e. The Hall–Kier alpha value is -1.32. The van der Waals surface area contributed by atoms with Crippen LogP contribution in [0.3, 0.4) is 0 Å². The third-order valence-corrected chi connectivity index (χ3v) is 6.65. The third-order valence-electron chi connectivity index (χ3n) is 6.65. The van der Waals surface area contributed by atoms with Gasteiger partial charge in [-0.3, -0.25) is 9.59 Å². The van der Waals surface area contributed by atoms with Crippen molar-refractivity contribution < 1.29 is 14.3 Å². The number of amides is 1. The van der Waals surface area contributed by atoms with Crippen LogP contribution in [0.15, 0.2) is 12.2 Å². The van der Waals surface area contributed by atoms with Crippen LogP contribution in [-0.4, -0.2) is 23.5 Å². The van der Waals surface area contributed by atoms with Crippen LogP contribution >= 0.6 is 0 Å². The smallest absolute Gasteiger partial charge is 0.307 e. The van der Waals surface area contributed by atoms with Crippen molar-refractivity contribution in [3.63, 3.8) is 0 Å². The van der Waals surface area contributed by atoms with Gasteiger partial charge in [0.05, 0.1) is 6.42 Å². The number of rotatable bonds is 5. The van der Waals surface area contributed by atoms with Crippen LogP contribution < -0.4 is 5.32 Å². The van der Waals surface area contributed by atoms with Crippen molar-refractivity contribution in [2.45, 2.75) is 76.4 Å². The molecule has 5 aliphatic carbocycles. The SMILES string of the molecule is C[C@@H](OC(=O)C[C@@H]1C=CCC1)C(=O)NC12CC3CC(CC(C3)C1)C2. The van der Waals surface area contributed by atoms with Gasteiger partial charge in [-0.15, -0.1) is 0 Å². The van der Waals surface area contributed by atoms with E-state index in [1.807, 2.05) is 0 Å². The summed E-state index contributed by atoms with van der Waals surface area (Å²) in [6.07, 6.45) is 13.4. The van der Waals surface area contributed by atoms with Crippen molar-refractivity contribution in [3.8, 4) is 0 Å². The number of carbonyl (C=O) groups excluding carboxylic acids is 2. The summed E-state index contributed by atoms with van der Waals surface area (Å²) in [5.41, 5.74) is -0.0132. The Morgan fingerprint density at radius 1 is 1.17 bits per heavy atom. The maximum absolute atomic E-state index is 12.6. The minimum atomic E-state index is -0.684. The number of esters is 1. The Balaban J connectivity index is 1.30. The number of nitrogens with one attached hydrogen (secondary N) is 1. The fraction of sp³-hybridized carbons (Fsp3) is 0.800. The summed E-state index contributed by atoms with van der Waals surface area (Å²) in [5, 5.41) is 3.29. The van der Waals surface area contributed by atoms with E-state index >= 15 is 0 Å². The quantitative estimate of drug-likeness (QED) is 0.621. The molecule has 0 saturated heterocycles. The lowest BCUT2D eigenvalue weighted by atomic mass is 9.53. The van der Waals surface area contributed by atoms with Gasteiger partial charge in [0, 0.05) is 5.54 Å². The molecule has 1 N–H and O–H groups in total. The van der Waals surface area contributed by atoms with Crippen LogP contribution in [0.5, 0.6) is 0 Å². The third kappa shape index (κ3) is 3.25. The van der Waals surface area contributed by atoms with Gasteiger partial charge in [0.2, 0.25) is 0 Å². The zero-order valence-electron chi connectivity index (χ0n) is 14.6. The average Bonchev–Trinajstić information content (AvgIpc) is 2.97. The molecule has 0 radical (unpaired) electrons. The molecule has 1 amide bonds. The van der Waals surface area contributed by atoms with Crippen LogP contribution in [0.25, 0.3) is 0 Å². The monoisotopic (exact) mass is 331 g/mol. The van der Waals surface area contributed by atoms with E-state index in [-0.39, 0.29) is 23.3 Å². The number of ether oxygens (including phenoxy) is 1. The second-order valence-corrected chi connectivity index (χ2v) is 8.79. The van der Waals surface area contributed by atoms with Crippen molar-refractivity contribution >= 4 is 11.9 Å². The standard InChI is InChI=1S/C20H29NO3/c1-13(24-18(22)9-14-4-2-3-5-14)19(23)21-20-10-15-6-16(11-20)8-17(7-15)12-20/h2,4,13-17H,3,5-12H2,1H3,(H,21,23)/t13-,14-,15?,16?,17?,20?/m1/s1. The van der Waals surface area contributed by atoms with Gasteiger partial charge in [-0.1, -0.05) is 12.2 Å². The molecule has 4 fully saturated rings. The topological polar surface area (TPSA) is 55.4 Å². The Morgan fingerprint density at radius 3 is 2.33 bits per heavy atom. The fourth-order valence-corrected chi connectivity index (χ4v) is 6.00. The lowest BCUT2D eigenvalue weighted by Crippen LogP contribution is -2.61. The molecule has 2 atom stereocenters. The van der Waals surface area contributed by atoms with Gasteiger partial charge in [0.1, 0.15) is 0 Å². The molecule has 4 saturated carbocycles. The van der Waals surface area contributed by atoms with E-state index < -0.39 is 6.10 Å². The molecule has 0 aromatic rings. The molecule has 0 aromatic heterocycles. The van der Waals surface area contributed by atoms with Gasteiger partial charge in [0.25, 0.3) is 5.91 Å². The summed E-state index contributed by atoms with van der Waals surface area (Å²) in [7, 11) is 0. The lowest BCUT2D eigenvalue weighted by molar-refractivity contribution is -0.157. The van der Waals surface area contributed by atoms with Crippen molar-refractivity contribution in [1.29, 1.82) is 0 Å². The molecule has 0 heterocycles. The summed E-state index contributed by atoms with van der Waals surface area (Å²) in [5.74, 6) is 2.32. The minimum Gasteiger partial charge on any atom is -0.453 e. The van der Waals surface area contributed by atoms with Gasteiger partial charge in [-0.05, 0) is 82.0 Å². The molecule has 5 rings (SSSR count). The molecule has 0 aromatic carbocycles. The number of hydrogen-bond acceptors (Lipinski definition) is 3. The van der Waals surface area contributed by atoms with Gasteiger partial charge >= 0.3 is 5.97 Å². The molecule has 4 bridgehead atoms. The summed E-state index contributed by atoms with van der Waals surface area (Å²) < 4.78 is 5.40. The molecule has 4 heteroatoms. The van der Waals surface area contributed by atoms with Gasteiger partial charge in [-0.2, -0.15) is 0 Å². The van der Waals surface area contributed by atoms with Crippen LogP contribution in [0.4, 0.5) is 0 Å². The predicted octanol–water partition coefficient (Wildman–Crippen LogP) is 3.36. The molecule has 4 nitrogen and oxygen atoms in total. The largest absolute Gasteiger partial charge is 0.453 e. The highest BCUT2D eigenvalue weighted by molar-refractivity contribution is 5.84. The first kappa shape index (κ1) is 16.2. The molecule has 5 aliphatic rings. The van der Waals surface area contributed by atoms with E-state index in [1.165, 1.54) is 19.3 Å². The number of allylic oxidation sites excluding steroid dienone is 2.